The number of ether oxygens (including phenoxy) is 1. The molecule has 0 aliphatic heterocycles. The quantitative estimate of drug-likeness (QED) is 0.840. The molecule has 3 atom stereocenters. The highest BCUT2D eigenvalue weighted by atomic mass is 19.1. The zero-order valence-electron chi connectivity index (χ0n) is 12.2. The topological polar surface area (TPSA) is 35.2 Å². The van der Waals surface area contributed by atoms with Gasteiger partial charge >= 0.3 is 0 Å². The van der Waals surface area contributed by atoms with E-state index in [4.69, 9.17) is 10.5 Å². The van der Waals surface area contributed by atoms with Crippen LogP contribution in [0.25, 0.3) is 0 Å². The van der Waals surface area contributed by atoms with E-state index in [1.165, 1.54) is 12.5 Å². The van der Waals surface area contributed by atoms with Gasteiger partial charge in [0.15, 0.2) is 0 Å². The lowest BCUT2D eigenvalue weighted by Gasteiger charge is -2.32. The van der Waals surface area contributed by atoms with Crippen LogP contribution in [-0.4, -0.2) is 12.6 Å². The van der Waals surface area contributed by atoms with Gasteiger partial charge < -0.3 is 10.5 Å². The van der Waals surface area contributed by atoms with E-state index < -0.39 is 0 Å². The first kappa shape index (κ1) is 14.9. The highest BCUT2D eigenvalue weighted by Crippen LogP contribution is 2.32. The zero-order valence-corrected chi connectivity index (χ0v) is 12.2. The lowest BCUT2D eigenvalue weighted by atomic mass is 9.80. The summed E-state index contributed by atoms with van der Waals surface area (Å²) in [5.41, 5.74) is 5.65. The third kappa shape index (κ3) is 3.74. The molecule has 1 aromatic rings. The molecule has 0 saturated heterocycles. The van der Waals surface area contributed by atoms with Crippen molar-refractivity contribution in [1.82, 2.24) is 0 Å². The Kier molecular flexibility index (Phi) is 5.03. The van der Waals surface area contributed by atoms with Crippen molar-refractivity contribution in [1.29, 1.82) is 0 Å². The summed E-state index contributed by atoms with van der Waals surface area (Å²) in [7, 11) is 0. The summed E-state index contributed by atoms with van der Waals surface area (Å²) in [4.78, 5) is 0. The molecule has 3 heteroatoms. The third-order valence-electron chi connectivity index (χ3n) is 4.12. The molecule has 0 aromatic heterocycles. The summed E-state index contributed by atoms with van der Waals surface area (Å²) >= 11 is 0. The van der Waals surface area contributed by atoms with Crippen molar-refractivity contribution in [2.75, 3.05) is 6.54 Å². The highest BCUT2D eigenvalue weighted by molar-refractivity contribution is 5.39. The number of hydrogen-bond acceptors (Lipinski definition) is 2. The van der Waals surface area contributed by atoms with Crippen LogP contribution < -0.4 is 10.5 Å². The molecule has 3 unspecified atom stereocenters. The van der Waals surface area contributed by atoms with Crippen LogP contribution in [0, 0.1) is 29.5 Å². The van der Waals surface area contributed by atoms with Crippen LogP contribution in [-0.2, 0) is 0 Å². The summed E-state index contributed by atoms with van der Waals surface area (Å²) in [6.45, 7) is 4.77. The fraction of sp³-hybridized carbons (Fsp3) is 0.529. The number of benzene rings is 1. The fourth-order valence-corrected chi connectivity index (χ4v) is 2.61. The number of nitrogens with two attached hydrogens (primary N) is 1. The minimum absolute atomic E-state index is 0.196. The second-order valence-corrected chi connectivity index (χ2v) is 5.66. The summed E-state index contributed by atoms with van der Waals surface area (Å²) in [5.74, 6) is 7.02. The lowest BCUT2D eigenvalue weighted by Crippen LogP contribution is -2.28. The van der Waals surface area contributed by atoms with Crippen LogP contribution in [0.2, 0.25) is 0 Å². The van der Waals surface area contributed by atoms with E-state index in [0.29, 0.717) is 17.2 Å². The van der Waals surface area contributed by atoms with Gasteiger partial charge in [-0.15, -0.1) is 0 Å². The Morgan fingerprint density at radius 2 is 2.10 bits per heavy atom. The van der Waals surface area contributed by atoms with Crippen LogP contribution in [0.5, 0.6) is 5.75 Å². The van der Waals surface area contributed by atoms with Crippen LogP contribution in [0.15, 0.2) is 18.2 Å². The fourth-order valence-electron chi connectivity index (χ4n) is 2.61. The molecule has 1 aliphatic carbocycles. The molecule has 1 fully saturated rings. The first-order valence-electron chi connectivity index (χ1n) is 7.25. The number of halogens is 1. The Balaban J connectivity index is 2.02. The van der Waals surface area contributed by atoms with Crippen molar-refractivity contribution in [2.24, 2.45) is 17.6 Å². The van der Waals surface area contributed by atoms with Crippen LogP contribution in [0.4, 0.5) is 4.39 Å². The van der Waals surface area contributed by atoms with Gasteiger partial charge in [-0.05, 0) is 43.2 Å². The predicted molar refractivity (Wildman–Crippen MR) is 78.9 cm³/mol. The van der Waals surface area contributed by atoms with E-state index in [1.54, 1.807) is 12.1 Å². The predicted octanol–water partition coefficient (Wildman–Crippen LogP) is 3.34. The molecular formula is C17H22FNO. The SMILES string of the molecule is CC1CCC(Oc2ccc(C#CCN)c(F)c2)CC1C. The second-order valence-electron chi connectivity index (χ2n) is 5.66. The number of hydrogen-bond donors (Lipinski definition) is 1. The minimum atomic E-state index is -0.347. The standard InChI is InChI=1S/C17H22FNO/c1-12-5-7-15(10-13(12)2)20-16-8-6-14(4-3-9-19)17(18)11-16/h6,8,11-13,15H,5,7,9-10,19H2,1-2H3. The van der Waals surface area contributed by atoms with Crippen LogP contribution in [0.1, 0.15) is 38.7 Å². The Labute approximate surface area is 120 Å². The average Bonchev–Trinajstić information content (AvgIpc) is 2.42. The summed E-state index contributed by atoms with van der Waals surface area (Å²) in [6, 6.07) is 4.86. The molecule has 1 aromatic carbocycles. The van der Waals surface area contributed by atoms with Crippen LogP contribution >= 0.6 is 0 Å². The van der Waals surface area contributed by atoms with Gasteiger partial charge in [0, 0.05) is 6.07 Å². The Morgan fingerprint density at radius 3 is 2.75 bits per heavy atom. The maximum atomic E-state index is 13.8. The largest absolute Gasteiger partial charge is 0.490 e. The normalized spacial score (nSPS) is 25.7. The molecule has 1 aliphatic rings. The van der Waals surface area contributed by atoms with E-state index in [2.05, 4.69) is 25.7 Å². The molecule has 0 heterocycles. The molecule has 0 bridgehead atoms. The van der Waals surface area contributed by atoms with Crippen molar-refractivity contribution >= 4 is 0 Å². The monoisotopic (exact) mass is 275 g/mol. The van der Waals surface area contributed by atoms with Gasteiger partial charge in [0.05, 0.1) is 18.2 Å². The third-order valence-corrected chi connectivity index (χ3v) is 4.12. The molecule has 2 N–H and O–H groups in total. The zero-order chi connectivity index (χ0) is 14.5. The van der Waals surface area contributed by atoms with Gasteiger partial charge in [-0.1, -0.05) is 25.7 Å². The Bertz CT molecular complexity index is 517. The summed E-state index contributed by atoms with van der Waals surface area (Å²) < 4.78 is 19.7. The molecule has 0 radical (unpaired) electrons. The van der Waals surface area contributed by atoms with Crippen molar-refractivity contribution < 1.29 is 9.13 Å². The number of rotatable bonds is 2. The molecule has 0 spiro atoms. The van der Waals surface area contributed by atoms with Crippen LogP contribution in [0.3, 0.4) is 0 Å². The Hall–Kier alpha value is -1.53. The van der Waals surface area contributed by atoms with Crippen molar-refractivity contribution in [2.45, 2.75) is 39.2 Å². The molecule has 108 valence electrons. The molecule has 2 nitrogen and oxygen atoms in total. The maximum Gasteiger partial charge on any atom is 0.142 e. The smallest absolute Gasteiger partial charge is 0.142 e. The van der Waals surface area contributed by atoms with Crippen molar-refractivity contribution in [3.05, 3.63) is 29.6 Å². The first-order valence-corrected chi connectivity index (χ1v) is 7.25. The second kappa shape index (κ2) is 6.76. The van der Waals surface area contributed by atoms with Crippen molar-refractivity contribution in [3.63, 3.8) is 0 Å². The maximum absolute atomic E-state index is 13.8. The molecule has 1 saturated carbocycles. The molecular weight excluding hydrogens is 253 g/mol. The van der Waals surface area contributed by atoms with Gasteiger partial charge in [-0.2, -0.15) is 0 Å². The molecule has 2 rings (SSSR count). The van der Waals surface area contributed by atoms with E-state index in [-0.39, 0.29) is 18.5 Å². The van der Waals surface area contributed by atoms with E-state index in [9.17, 15) is 4.39 Å². The summed E-state index contributed by atoms with van der Waals surface area (Å²) in [5, 5.41) is 0. The first-order chi connectivity index (χ1) is 9.60. The minimum Gasteiger partial charge on any atom is -0.490 e. The van der Waals surface area contributed by atoms with Gasteiger partial charge in [-0.25, -0.2) is 4.39 Å². The van der Waals surface area contributed by atoms with Crippen molar-refractivity contribution in [3.8, 4) is 17.6 Å². The van der Waals surface area contributed by atoms with Gasteiger partial charge in [0.25, 0.3) is 0 Å². The van der Waals surface area contributed by atoms with E-state index in [1.807, 2.05) is 0 Å². The molecule has 20 heavy (non-hydrogen) atoms. The van der Waals surface area contributed by atoms with E-state index >= 15 is 0 Å². The van der Waals surface area contributed by atoms with Gasteiger partial charge in [0.1, 0.15) is 11.6 Å². The highest BCUT2D eigenvalue weighted by Gasteiger charge is 2.25. The molecule has 0 amide bonds. The summed E-state index contributed by atoms with van der Waals surface area (Å²) in [6.07, 6.45) is 3.45. The van der Waals surface area contributed by atoms with Gasteiger partial charge in [-0.3, -0.25) is 0 Å². The Morgan fingerprint density at radius 1 is 1.30 bits per heavy atom. The van der Waals surface area contributed by atoms with E-state index in [0.717, 1.165) is 18.8 Å². The van der Waals surface area contributed by atoms with Gasteiger partial charge in [0.2, 0.25) is 0 Å². The lowest BCUT2D eigenvalue weighted by molar-refractivity contribution is 0.100. The average molecular weight is 275 g/mol.